The van der Waals surface area contributed by atoms with Crippen LogP contribution < -0.4 is 10.1 Å². The molecule has 1 aromatic rings. The van der Waals surface area contributed by atoms with E-state index < -0.39 is 0 Å². The number of ether oxygens (including phenoxy) is 1. The number of benzene rings is 1. The van der Waals surface area contributed by atoms with E-state index >= 15 is 0 Å². The SMILES string of the molecule is CCCNCCCc1ccc(OC2CC2)c(C)c1. The summed E-state index contributed by atoms with van der Waals surface area (Å²) in [5, 5.41) is 3.44. The second-order valence-electron chi connectivity index (χ2n) is 5.27. The molecule has 0 spiro atoms. The highest BCUT2D eigenvalue weighted by molar-refractivity contribution is 5.36. The van der Waals surface area contributed by atoms with Crippen molar-refractivity contribution in [3.05, 3.63) is 29.3 Å². The van der Waals surface area contributed by atoms with Gasteiger partial charge in [-0.05, 0) is 69.3 Å². The highest BCUT2D eigenvalue weighted by atomic mass is 16.5. The maximum absolute atomic E-state index is 5.86. The van der Waals surface area contributed by atoms with E-state index in [1.54, 1.807) is 0 Å². The van der Waals surface area contributed by atoms with Crippen molar-refractivity contribution in [3.63, 3.8) is 0 Å². The van der Waals surface area contributed by atoms with Gasteiger partial charge in [0.25, 0.3) is 0 Å². The summed E-state index contributed by atoms with van der Waals surface area (Å²) in [6.07, 6.45) is 6.53. The third-order valence-electron chi connectivity index (χ3n) is 3.30. The lowest BCUT2D eigenvalue weighted by atomic mass is 10.1. The molecule has 0 radical (unpaired) electrons. The minimum Gasteiger partial charge on any atom is -0.490 e. The van der Waals surface area contributed by atoms with Crippen LogP contribution in [0.4, 0.5) is 0 Å². The number of aryl methyl sites for hydroxylation is 2. The van der Waals surface area contributed by atoms with Crippen molar-refractivity contribution in [1.82, 2.24) is 5.32 Å². The van der Waals surface area contributed by atoms with Crippen LogP contribution in [0.1, 0.15) is 43.7 Å². The zero-order valence-corrected chi connectivity index (χ0v) is 11.7. The van der Waals surface area contributed by atoms with Crippen molar-refractivity contribution in [1.29, 1.82) is 0 Å². The second kappa shape index (κ2) is 6.79. The topological polar surface area (TPSA) is 21.3 Å². The first kappa shape index (κ1) is 13.4. The Morgan fingerprint density at radius 2 is 2.11 bits per heavy atom. The largest absolute Gasteiger partial charge is 0.490 e. The number of hydrogen-bond acceptors (Lipinski definition) is 2. The number of rotatable bonds is 8. The molecular weight excluding hydrogens is 222 g/mol. The maximum atomic E-state index is 5.86. The van der Waals surface area contributed by atoms with Gasteiger partial charge in [0.15, 0.2) is 0 Å². The van der Waals surface area contributed by atoms with E-state index in [1.165, 1.54) is 36.8 Å². The Kier molecular flexibility index (Phi) is 5.06. The molecule has 0 saturated heterocycles. The van der Waals surface area contributed by atoms with E-state index in [4.69, 9.17) is 4.74 Å². The molecule has 0 aliphatic heterocycles. The van der Waals surface area contributed by atoms with Gasteiger partial charge in [-0.1, -0.05) is 19.1 Å². The fourth-order valence-electron chi connectivity index (χ4n) is 2.08. The molecule has 100 valence electrons. The fourth-order valence-corrected chi connectivity index (χ4v) is 2.08. The molecule has 1 fully saturated rings. The van der Waals surface area contributed by atoms with Gasteiger partial charge in [-0.3, -0.25) is 0 Å². The van der Waals surface area contributed by atoms with E-state index in [1.807, 2.05) is 0 Å². The summed E-state index contributed by atoms with van der Waals surface area (Å²) in [4.78, 5) is 0. The van der Waals surface area contributed by atoms with E-state index in [2.05, 4.69) is 37.4 Å². The summed E-state index contributed by atoms with van der Waals surface area (Å²) < 4.78 is 5.86. The van der Waals surface area contributed by atoms with Crippen LogP contribution in [-0.4, -0.2) is 19.2 Å². The Labute approximate surface area is 111 Å². The van der Waals surface area contributed by atoms with Crippen LogP contribution in [0.5, 0.6) is 5.75 Å². The molecule has 2 nitrogen and oxygen atoms in total. The van der Waals surface area contributed by atoms with Crippen LogP contribution in [-0.2, 0) is 6.42 Å². The summed E-state index contributed by atoms with van der Waals surface area (Å²) in [5.41, 5.74) is 2.70. The molecule has 18 heavy (non-hydrogen) atoms. The molecule has 1 aliphatic carbocycles. The molecule has 2 rings (SSSR count). The van der Waals surface area contributed by atoms with Gasteiger partial charge in [0, 0.05) is 0 Å². The Bertz CT molecular complexity index is 371. The zero-order valence-electron chi connectivity index (χ0n) is 11.7. The summed E-state index contributed by atoms with van der Waals surface area (Å²) in [6, 6.07) is 6.63. The van der Waals surface area contributed by atoms with Gasteiger partial charge >= 0.3 is 0 Å². The van der Waals surface area contributed by atoms with E-state index in [-0.39, 0.29) is 0 Å². The molecule has 0 aromatic heterocycles. The molecular formula is C16H25NO. The second-order valence-corrected chi connectivity index (χ2v) is 5.27. The molecule has 1 saturated carbocycles. The first-order valence-corrected chi connectivity index (χ1v) is 7.26. The lowest BCUT2D eigenvalue weighted by molar-refractivity contribution is 0.301. The van der Waals surface area contributed by atoms with Gasteiger partial charge in [0.2, 0.25) is 0 Å². The lowest BCUT2D eigenvalue weighted by Gasteiger charge is -2.10. The third-order valence-corrected chi connectivity index (χ3v) is 3.30. The summed E-state index contributed by atoms with van der Waals surface area (Å²) >= 11 is 0. The van der Waals surface area contributed by atoms with Crippen LogP contribution in [0.25, 0.3) is 0 Å². The predicted octanol–water partition coefficient (Wildman–Crippen LogP) is 3.47. The third kappa shape index (κ3) is 4.34. The summed E-state index contributed by atoms with van der Waals surface area (Å²) in [6.45, 7) is 6.60. The van der Waals surface area contributed by atoms with Gasteiger partial charge in [0.1, 0.15) is 5.75 Å². The lowest BCUT2D eigenvalue weighted by Crippen LogP contribution is -2.16. The van der Waals surface area contributed by atoms with Crippen LogP contribution in [0.15, 0.2) is 18.2 Å². The van der Waals surface area contributed by atoms with Crippen LogP contribution in [0.2, 0.25) is 0 Å². The molecule has 2 heteroatoms. The van der Waals surface area contributed by atoms with Crippen molar-refractivity contribution in [2.24, 2.45) is 0 Å². The van der Waals surface area contributed by atoms with Crippen LogP contribution >= 0.6 is 0 Å². The Balaban J connectivity index is 1.76. The monoisotopic (exact) mass is 247 g/mol. The molecule has 0 atom stereocenters. The molecule has 1 aliphatic rings. The minimum atomic E-state index is 0.493. The highest BCUT2D eigenvalue weighted by Crippen LogP contribution is 2.29. The normalized spacial score (nSPS) is 14.8. The van der Waals surface area contributed by atoms with Gasteiger partial charge in [0.05, 0.1) is 6.10 Å². The van der Waals surface area contributed by atoms with Gasteiger partial charge in [-0.25, -0.2) is 0 Å². The van der Waals surface area contributed by atoms with Crippen molar-refractivity contribution < 1.29 is 4.74 Å². The molecule has 0 amide bonds. The average Bonchev–Trinajstić information content (AvgIpc) is 3.16. The standard InChI is InChI=1S/C16H25NO/c1-3-10-17-11-4-5-14-6-9-16(13(2)12-14)18-15-7-8-15/h6,9,12,15,17H,3-5,7-8,10-11H2,1-2H3. The van der Waals surface area contributed by atoms with Crippen molar-refractivity contribution >= 4 is 0 Å². The first-order chi connectivity index (χ1) is 8.79. The van der Waals surface area contributed by atoms with E-state index in [9.17, 15) is 0 Å². The summed E-state index contributed by atoms with van der Waals surface area (Å²) in [5.74, 6) is 1.07. The molecule has 0 bridgehead atoms. The predicted molar refractivity (Wildman–Crippen MR) is 76.3 cm³/mol. The Morgan fingerprint density at radius 3 is 2.78 bits per heavy atom. The van der Waals surface area contributed by atoms with Crippen molar-refractivity contribution in [2.75, 3.05) is 13.1 Å². The van der Waals surface area contributed by atoms with Gasteiger partial charge in [-0.2, -0.15) is 0 Å². The van der Waals surface area contributed by atoms with E-state index in [0.29, 0.717) is 6.10 Å². The van der Waals surface area contributed by atoms with Gasteiger partial charge < -0.3 is 10.1 Å². The highest BCUT2D eigenvalue weighted by Gasteiger charge is 2.23. The quantitative estimate of drug-likeness (QED) is 0.710. The Hall–Kier alpha value is -1.02. The molecule has 1 N–H and O–H groups in total. The molecule has 1 aromatic carbocycles. The fraction of sp³-hybridized carbons (Fsp3) is 0.625. The summed E-state index contributed by atoms with van der Waals surface area (Å²) in [7, 11) is 0. The van der Waals surface area contributed by atoms with Crippen LogP contribution in [0.3, 0.4) is 0 Å². The zero-order chi connectivity index (χ0) is 12.8. The maximum Gasteiger partial charge on any atom is 0.122 e. The molecule has 0 heterocycles. The van der Waals surface area contributed by atoms with Crippen molar-refractivity contribution in [2.45, 2.75) is 52.1 Å². The van der Waals surface area contributed by atoms with Crippen molar-refractivity contribution in [3.8, 4) is 5.75 Å². The molecule has 0 unspecified atom stereocenters. The Morgan fingerprint density at radius 1 is 1.28 bits per heavy atom. The smallest absolute Gasteiger partial charge is 0.122 e. The van der Waals surface area contributed by atoms with Gasteiger partial charge in [-0.15, -0.1) is 0 Å². The first-order valence-electron chi connectivity index (χ1n) is 7.26. The minimum absolute atomic E-state index is 0.493. The number of hydrogen-bond donors (Lipinski definition) is 1. The van der Waals surface area contributed by atoms with E-state index in [0.717, 1.165) is 25.3 Å². The number of nitrogens with one attached hydrogen (secondary N) is 1. The average molecular weight is 247 g/mol. The van der Waals surface area contributed by atoms with Crippen LogP contribution in [0, 0.1) is 6.92 Å².